The summed E-state index contributed by atoms with van der Waals surface area (Å²) in [6.45, 7) is 15.6. The largest absolute Gasteiger partial charge is 0.464 e. The van der Waals surface area contributed by atoms with E-state index in [1.54, 1.807) is 26.3 Å². The Morgan fingerprint density at radius 3 is 2.48 bits per heavy atom. The molecule has 0 spiro atoms. The number of nitrogens with one attached hydrogen (secondary N) is 2. The van der Waals surface area contributed by atoms with E-state index in [4.69, 9.17) is 19.4 Å². The number of anilines is 1. The number of aromatic nitrogens is 3. The number of esters is 1. The Morgan fingerprint density at radius 1 is 1.08 bits per heavy atom. The van der Waals surface area contributed by atoms with Gasteiger partial charge in [-0.15, -0.1) is 11.3 Å². The van der Waals surface area contributed by atoms with Gasteiger partial charge in [0, 0.05) is 106 Å². The summed E-state index contributed by atoms with van der Waals surface area (Å²) >= 11 is 1.20. The number of carbonyl (C=O) groups excluding carboxylic acids is 4. The van der Waals surface area contributed by atoms with Crippen LogP contribution in [0.15, 0.2) is 29.8 Å². The van der Waals surface area contributed by atoms with Crippen molar-refractivity contribution < 1.29 is 46.2 Å². The highest BCUT2D eigenvalue weighted by atomic mass is 32.1. The van der Waals surface area contributed by atoms with Gasteiger partial charge in [0.2, 0.25) is 5.91 Å². The Labute approximate surface area is 427 Å². The zero-order valence-corrected chi connectivity index (χ0v) is 43.8. The molecule has 1 aromatic carbocycles. The van der Waals surface area contributed by atoms with Crippen molar-refractivity contribution in [3.05, 3.63) is 51.9 Å². The highest BCUT2D eigenvalue weighted by molar-refractivity contribution is 7.10. The molecule has 0 aliphatic carbocycles. The van der Waals surface area contributed by atoms with Crippen molar-refractivity contribution >= 4 is 51.7 Å². The van der Waals surface area contributed by atoms with Crippen molar-refractivity contribution in [2.45, 2.75) is 104 Å². The van der Waals surface area contributed by atoms with Crippen molar-refractivity contribution in [2.75, 3.05) is 78.5 Å². The molecule has 8 rings (SSSR count). The number of nitrogens with zero attached hydrogens (tertiary/aromatic N) is 8. The van der Waals surface area contributed by atoms with Crippen LogP contribution in [0.3, 0.4) is 0 Å². The number of hydrogen-bond donors (Lipinski definition) is 2. The number of cyclic esters (lactones) is 1. The molecule has 73 heavy (non-hydrogen) atoms. The number of piperazine rings is 1. The summed E-state index contributed by atoms with van der Waals surface area (Å²) < 4.78 is 69.2. The van der Waals surface area contributed by atoms with Crippen LogP contribution in [0.1, 0.15) is 76.8 Å². The van der Waals surface area contributed by atoms with Gasteiger partial charge in [-0.3, -0.25) is 24.4 Å². The molecule has 4 aromatic rings. The fraction of sp³-hybridized carbons (Fsp3) is 0.577. The molecular weight excluding hydrogens is 969 g/mol. The number of benzene rings is 1. The second-order valence-electron chi connectivity index (χ2n) is 20.8. The van der Waals surface area contributed by atoms with E-state index in [2.05, 4.69) is 44.1 Å². The van der Waals surface area contributed by atoms with Gasteiger partial charge in [0.15, 0.2) is 0 Å². The zero-order valence-electron chi connectivity index (χ0n) is 43.0. The number of aryl methyl sites for hydroxylation is 1. The number of fused-ring (bicyclic) bond motifs is 6. The average molecular weight is 1040 g/mol. The number of likely N-dealkylation sites (tertiary alicyclic amines) is 1. The van der Waals surface area contributed by atoms with E-state index in [9.17, 15) is 32.3 Å². The van der Waals surface area contributed by atoms with Crippen LogP contribution < -0.4 is 15.6 Å². The van der Waals surface area contributed by atoms with Gasteiger partial charge in [-0.25, -0.2) is 19.6 Å². The molecule has 21 heteroatoms. The Hall–Kier alpha value is -5.82. The molecule has 0 radical (unpaired) electrons. The van der Waals surface area contributed by atoms with Crippen molar-refractivity contribution in [1.29, 1.82) is 0 Å². The Kier molecular flexibility index (Phi) is 15.8. The van der Waals surface area contributed by atoms with Crippen molar-refractivity contribution in [3.8, 4) is 34.4 Å². The van der Waals surface area contributed by atoms with Crippen LogP contribution >= 0.6 is 11.3 Å². The summed E-state index contributed by atoms with van der Waals surface area (Å²) in [4.78, 5) is 73.8. The first kappa shape index (κ1) is 53.5. The van der Waals surface area contributed by atoms with Crippen LogP contribution in [-0.2, 0) is 43.2 Å². The SMILES string of the molecule is CCn1c(-c2cc(N3CCN(C)CC3)cnc2[C@H](C)OC)c2c3cc(c(F)cc31)-c1csc(n1)C[C@H](NC(=O)[C@H](C(C)C)N(C)C(=O)N1CC(C#CC(F)(F)F)C1)C(=O)N1CCC[C@H](N1)C(=O)OCC(C)(C)C2. The molecule has 16 nitrogen and oxygen atoms in total. The van der Waals surface area contributed by atoms with Gasteiger partial charge in [-0.05, 0) is 69.8 Å². The number of carbonyl (C=O) groups is 4. The number of amides is 4. The quantitative estimate of drug-likeness (QED) is 0.105. The Morgan fingerprint density at radius 2 is 1.81 bits per heavy atom. The molecule has 0 unspecified atom stereocenters. The van der Waals surface area contributed by atoms with E-state index in [0.29, 0.717) is 42.0 Å². The maximum atomic E-state index is 16.9. The van der Waals surface area contributed by atoms with Gasteiger partial charge in [-0.1, -0.05) is 33.6 Å². The number of hydrogen-bond acceptors (Lipinski definition) is 12. The topological polar surface area (TPSA) is 158 Å². The Balaban J connectivity index is 1.19. The number of ether oxygens (including phenoxy) is 2. The molecule has 4 aliphatic heterocycles. The summed E-state index contributed by atoms with van der Waals surface area (Å²) in [5, 5.41) is 7.12. The number of thiazole rings is 1. The molecule has 6 bridgehead atoms. The van der Waals surface area contributed by atoms with Gasteiger partial charge in [0.1, 0.15) is 23.9 Å². The van der Waals surface area contributed by atoms with Crippen LogP contribution in [0.5, 0.6) is 0 Å². The second-order valence-corrected chi connectivity index (χ2v) is 21.8. The van der Waals surface area contributed by atoms with Gasteiger partial charge in [-0.2, -0.15) is 13.2 Å². The van der Waals surface area contributed by atoms with Gasteiger partial charge < -0.3 is 39.0 Å². The highest BCUT2D eigenvalue weighted by Gasteiger charge is 2.41. The molecule has 394 valence electrons. The summed E-state index contributed by atoms with van der Waals surface area (Å²) in [6.07, 6.45) is -2.01. The number of halogens is 4. The lowest BCUT2D eigenvalue weighted by atomic mass is 9.84. The molecule has 4 amide bonds. The number of rotatable bonds is 9. The lowest BCUT2D eigenvalue weighted by Gasteiger charge is -2.41. The minimum atomic E-state index is -4.65. The van der Waals surface area contributed by atoms with Gasteiger partial charge in [0.05, 0.1) is 58.1 Å². The lowest BCUT2D eigenvalue weighted by molar-refractivity contribution is -0.155. The average Bonchev–Trinajstić information content (AvgIpc) is 3.91. The van der Waals surface area contributed by atoms with E-state index < -0.39 is 71.2 Å². The maximum Gasteiger partial charge on any atom is 0.457 e. The molecule has 3 aromatic heterocycles. The third-order valence-corrected chi connectivity index (χ3v) is 15.2. The van der Waals surface area contributed by atoms with E-state index >= 15 is 4.39 Å². The van der Waals surface area contributed by atoms with Crippen LogP contribution in [0.2, 0.25) is 0 Å². The number of pyridine rings is 1. The third kappa shape index (κ3) is 11.6. The van der Waals surface area contributed by atoms with E-state index in [1.807, 2.05) is 40.0 Å². The summed E-state index contributed by atoms with van der Waals surface area (Å²) in [6, 6.07) is 1.71. The van der Waals surface area contributed by atoms with Crippen LogP contribution in [0.4, 0.5) is 28.0 Å². The zero-order chi connectivity index (χ0) is 52.7. The Bertz CT molecular complexity index is 2790. The fourth-order valence-corrected chi connectivity index (χ4v) is 11.2. The van der Waals surface area contributed by atoms with Crippen molar-refractivity contribution in [2.24, 2.45) is 17.3 Å². The van der Waals surface area contributed by atoms with E-state index in [-0.39, 0.29) is 44.3 Å². The third-order valence-electron chi connectivity index (χ3n) is 14.3. The fourth-order valence-electron chi connectivity index (χ4n) is 10.3. The molecule has 4 aliphatic rings. The summed E-state index contributed by atoms with van der Waals surface area (Å²) in [5.41, 5.74) is 7.98. The van der Waals surface area contributed by atoms with E-state index in [0.717, 1.165) is 59.8 Å². The van der Waals surface area contributed by atoms with Crippen LogP contribution in [0, 0.1) is 34.9 Å². The first-order chi connectivity index (χ1) is 34.6. The van der Waals surface area contributed by atoms with Crippen LogP contribution in [0.25, 0.3) is 33.4 Å². The number of methoxy groups -OCH3 is 1. The number of likely N-dealkylation sites (N-methyl/N-ethyl adjacent to an activating group) is 2. The predicted octanol–water partition coefficient (Wildman–Crippen LogP) is 6.67. The molecule has 4 atom stereocenters. The molecular formula is C52H66F4N10O6S. The highest BCUT2D eigenvalue weighted by Crippen LogP contribution is 2.44. The number of alkyl halides is 3. The second kappa shape index (κ2) is 21.6. The van der Waals surface area contributed by atoms with E-state index in [1.165, 1.54) is 45.2 Å². The maximum absolute atomic E-state index is 16.9. The standard InChI is InChI=1S/C52H66F4N10O6S/c1-10-65-42-22-38(53)35-21-34(42)37(46(65)36-20-33(25-57-44(36)31(4)71-9)63-18-16-61(7)17-19-63)24-51(5,6)29-72-49(69)39-12-11-15-66(60-39)48(68)40(23-43-58-41(35)28-73-43)59-47(67)45(30(2)3)62(8)50(70)64-26-32(27-64)13-14-52(54,55)56/h20-22,25,28,30-32,39-40,45,60H,10-12,15-19,23-24,26-27,29H2,1-9H3,(H,59,67)/t31-,39-,40-,45-/m0/s1. The molecule has 3 fully saturated rings. The lowest BCUT2D eigenvalue weighted by Crippen LogP contribution is -2.63. The van der Waals surface area contributed by atoms with Gasteiger partial charge in [0.25, 0.3) is 5.91 Å². The molecule has 2 N–H and O–H groups in total. The minimum Gasteiger partial charge on any atom is -0.464 e. The first-order valence-electron chi connectivity index (χ1n) is 25.0. The minimum absolute atomic E-state index is 0.0150. The summed E-state index contributed by atoms with van der Waals surface area (Å²) in [7, 11) is 5.19. The van der Waals surface area contributed by atoms with Crippen LogP contribution in [-0.4, -0.2) is 156 Å². The normalized spacial score (nSPS) is 21.0. The molecule has 0 saturated carbocycles. The van der Waals surface area contributed by atoms with Crippen molar-refractivity contribution in [3.63, 3.8) is 0 Å². The smallest absolute Gasteiger partial charge is 0.457 e. The van der Waals surface area contributed by atoms with Crippen molar-refractivity contribution in [1.82, 2.24) is 45.0 Å². The number of urea groups is 1. The number of hydrazine groups is 1. The van der Waals surface area contributed by atoms with Gasteiger partial charge >= 0.3 is 18.2 Å². The molecule has 7 heterocycles. The first-order valence-corrected chi connectivity index (χ1v) is 25.9. The predicted molar refractivity (Wildman–Crippen MR) is 270 cm³/mol. The monoisotopic (exact) mass is 1030 g/mol. The summed E-state index contributed by atoms with van der Waals surface area (Å²) in [5.74, 6) is 0.00809. The molecule has 3 saturated heterocycles.